The van der Waals surface area contributed by atoms with E-state index in [4.69, 9.17) is 0 Å². The summed E-state index contributed by atoms with van der Waals surface area (Å²) in [6.07, 6.45) is 4.18. The molecule has 0 amide bonds. The van der Waals surface area contributed by atoms with Gasteiger partial charge < -0.3 is 5.11 Å². The van der Waals surface area contributed by atoms with E-state index in [-0.39, 0.29) is 4.28 Å². The van der Waals surface area contributed by atoms with Gasteiger partial charge in [-0.2, -0.15) is 0 Å². The Kier molecular flexibility index (Phi) is 5.54. The zero-order chi connectivity index (χ0) is 13.1. The Balaban J connectivity index is 2.87. The third kappa shape index (κ3) is 3.73. The fourth-order valence-corrected chi connectivity index (χ4v) is 8.43. The summed E-state index contributed by atoms with van der Waals surface area (Å²) in [6.45, 7) is 8.96. The first-order valence-electron chi connectivity index (χ1n) is 7.12. The molecule has 1 saturated carbocycles. The fourth-order valence-electron chi connectivity index (χ4n) is 3.49. The van der Waals surface area contributed by atoms with Gasteiger partial charge >= 0.3 is 0 Å². The lowest BCUT2D eigenvalue weighted by Gasteiger charge is -2.32. The summed E-state index contributed by atoms with van der Waals surface area (Å²) in [5.74, 6) is 0.831. The summed E-state index contributed by atoms with van der Waals surface area (Å²) in [7, 11) is 0. The Morgan fingerprint density at radius 3 is 1.82 bits per heavy atom. The summed E-state index contributed by atoms with van der Waals surface area (Å²) < 4.78 is -0.269. The molecule has 17 heavy (non-hydrogen) atoms. The average Bonchev–Trinajstić information content (AvgIpc) is 2.64. The van der Waals surface area contributed by atoms with Gasteiger partial charge in [-0.3, -0.25) is 4.79 Å². The van der Waals surface area contributed by atoms with Crippen molar-refractivity contribution >= 4 is 20.1 Å². The number of carbonyl (C=O) groups is 1. The molecule has 0 saturated heterocycles. The second-order valence-corrected chi connectivity index (χ2v) is 10.1. The monoisotopic (exact) mass is 254 g/mol. The minimum Gasteiger partial charge on any atom is -0.482 e. The second kappa shape index (κ2) is 6.25. The summed E-state index contributed by atoms with van der Waals surface area (Å²) in [6, 6.07) is 0. The van der Waals surface area contributed by atoms with Gasteiger partial charge in [-0.05, 0) is 12.8 Å². The predicted molar refractivity (Wildman–Crippen MR) is 73.8 cm³/mol. The highest BCUT2D eigenvalue weighted by molar-refractivity contribution is 6.66. The molecule has 0 heterocycles. The van der Waals surface area contributed by atoms with Crippen molar-refractivity contribution in [2.45, 2.75) is 68.2 Å². The number of rotatable bonds is 6. The van der Waals surface area contributed by atoms with Crippen molar-refractivity contribution in [3.63, 3.8) is 0 Å². The van der Waals surface area contributed by atoms with Crippen LogP contribution in [0.3, 0.4) is 0 Å². The highest BCUT2D eigenvalue weighted by atomic mass is 27.2. The minimum absolute atomic E-state index is 0.269. The number of hydrogen-bond acceptors (Lipinski definition) is 1. The van der Waals surface area contributed by atoms with Crippen molar-refractivity contribution in [1.82, 2.24) is 0 Å². The number of carboxylic acid groups (broad SMARTS) is 1. The van der Waals surface area contributed by atoms with Crippen LogP contribution < -0.4 is 0 Å². The highest BCUT2D eigenvalue weighted by Gasteiger charge is 2.50. The lowest BCUT2D eigenvalue weighted by molar-refractivity contribution is -0.140. The molecule has 2 nitrogen and oxygen atoms in total. The smallest absolute Gasteiger partial charge is 0.296 e. The molecule has 0 aromatic carbocycles. The quantitative estimate of drug-likeness (QED) is 0.721. The Morgan fingerprint density at radius 2 is 1.53 bits per heavy atom. The van der Waals surface area contributed by atoms with E-state index in [1.54, 1.807) is 0 Å². The topological polar surface area (TPSA) is 37.3 Å². The first-order valence-corrected chi connectivity index (χ1v) is 9.33. The molecule has 0 atom stereocenters. The van der Waals surface area contributed by atoms with Gasteiger partial charge in [0.15, 0.2) is 0 Å². The van der Waals surface area contributed by atoms with Gasteiger partial charge in [-0.15, -0.1) is 0 Å². The molecule has 0 radical (unpaired) electrons. The van der Waals surface area contributed by atoms with Gasteiger partial charge in [0.25, 0.3) is 20.1 Å². The molecule has 0 bridgehead atoms. The number of hydrogen-bond donors (Lipinski definition) is 1. The van der Waals surface area contributed by atoms with Crippen LogP contribution in [-0.2, 0) is 4.79 Å². The molecule has 0 aromatic heterocycles. The Morgan fingerprint density at radius 1 is 1.12 bits per heavy atom. The van der Waals surface area contributed by atoms with E-state index >= 15 is 0 Å². The Bertz CT molecular complexity index is 245. The SMILES string of the molecule is CC(C)[CH2][Al]([CH2]C(C)C)[C]1(C(=O)O)CCCC1. The molecule has 0 spiro atoms. The van der Waals surface area contributed by atoms with Crippen LogP contribution >= 0.6 is 0 Å². The minimum atomic E-state index is -1.20. The maximum absolute atomic E-state index is 11.8. The summed E-state index contributed by atoms with van der Waals surface area (Å²) in [5, 5.41) is 12.1. The van der Waals surface area contributed by atoms with E-state index in [0.29, 0.717) is 11.8 Å². The number of carboxylic acids is 1. The van der Waals surface area contributed by atoms with Crippen molar-refractivity contribution in [3.05, 3.63) is 0 Å². The van der Waals surface area contributed by atoms with E-state index in [0.717, 1.165) is 25.7 Å². The highest BCUT2D eigenvalue weighted by Crippen LogP contribution is 2.50. The normalized spacial score (nSPS) is 18.9. The van der Waals surface area contributed by atoms with Crippen LogP contribution in [0, 0.1) is 11.8 Å². The zero-order valence-corrected chi connectivity index (χ0v) is 13.0. The predicted octanol–water partition coefficient (Wildman–Crippen LogP) is 4.19. The van der Waals surface area contributed by atoms with Crippen molar-refractivity contribution in [3.8, 4) is 0 Å². The van der Waals surface area contributed by atoms with Crippen molar-refractivity contribution in [1.29, 1.82) is 0 Å². The Labute approximate surface area is 110 Å². The maximum Gasteiger partial charge on any atom is 0.296 e. The lowest BCUT2D eigenvalue weighted by Crippen LogP contribution is -2.39. The van der Waals surface area contributed by atoms with Crippen LogP contribution in [0.1, 0.15) is 53.4 Å². The molecule has 98 valence electrons. The molecule has 1 rings (SSSR count). The van der Waals surface area contributed by atoms with Crippen molar-refractivity contribution < 1.29 is 9.90 Å². The standard InChI is InChI=1S/C6H9O2.2C4H9.Al/c7-6(8)5-3-1-2-4-5;2*1-4(2)3;/h1-4H2,(H,7,8);2*4H,1H2,2-3H3;. The molecular formula is C14H27AlO2. The van der Waals surface area contributed by atoms with E-state index < -0.39 is 20.1 Å². The van der Waals surface area contributed by atoms with Gasteiger partial charge in [0.1, 0.15) is 0 Å². The van der Waals surface area contributed by atoms with Crippen LogP contribution in [0.4, 0.5) is 0 Å². The van der Waals surface area contributed by atoms with E-state index in [1.165, 1.54) is 10.6 Å². The van der Waals surface area contributed by atoms with Crippen LogP contribution in [0.25, 0.3) is 0 Å². The van der Waals surface area contributed by atoms with Gasteiger partial charge in [0.05, 0.1) is 0 Å². The average molecular weight is 254 g/mol. The first-order chi connectivity index (χ1) is 7.88. The van der Waals surface area contributed by atoms with Gasteiger partial charge in [0.2, 0.25) is 0 Å². The first kappa shape index (κ1) is 15.1. The van der Waals surface area contributed by atoms with Crippen molar-refractivity contribution in [2.24, 2.45) is 11.8 Å². The Hall–Kier alpha value is 0.00247. The third-order valence-corrected chi connectivity index (χ3v) is 9.63. The molecule has 1 N–H and O–H groups in total. The van der Waals surface area contributed by atoms with Crippen molar-refractivity contribution in [2.75, 3.05) is 0 Å². The molecule has 1 fully saturated rings. The molecule has 1 aliphatic carbocycles. The lowest BCUT2D eigenvalue weighted by atomic mass is 10.1. The zero-order valence-electron chi connectivity index (χ0n) is 11.8. The van der Waals surface area contributed by atoms with E-state index in [9.17, 15) is 9.90 Å². The van der Waals surface area contributed by atoms with Gasteiger partial charge in [-0.25, -0.2) is 0 Å². The second-order valence-electron chi connectivity index (χ2n) is 6.62. The van der Waals surface area contributed by atoms with Gasteiger partial charge in [-0.1, -0.05) is 62.9 Å². The number of aliphatic carboxylic acids is 1. The summed E-state index contributed by atoms with van der Waals surface area (Å²) in [5.41, 5.74) is 0. The fraction of sp³-hybridized carbons (Fsp3) is 0.929. The largest absolute Gasteiger partial charge is 0.482 e. The summed E-state index contributed by atoms with van der Waals surface area (Å²) >= 11 is -1.20. The van der Waals surface area contributed by atoms with Crippen LogP contribution in [-0.4, -0.2) is 25.2 Å². The molecule has 0 aromatic rings. The van der Waals surface area contributed by atoms with E-state index in [2.05, 4.69) is 27.7 Å². The molecule has 0 unspecified atom stereocenters. The molecule has 1 aliphatic rings. The summed E-state index contributed by atoms with van der Waals surface area (Å²) in [4.78, 5) is 11.8. The van der Waals surface area contributed by atoms with Gasteiger partial charge in [0, 0.05) is 4.28 Å². The third-order valence-electron chi connectivity index (χ3n) is 4.22. The maximum atomic E-state index is 11.8. The molecule has 0 aliphatic heterocycles. The molecular weight excluding hydrogens is 227 g/mol. The van der Waals surface area contributed by atoms with Crippen LogP contribution in [0.5, 0.6) is 0 Å². The van der Waals surface area contributed by atoms with Crippen LogP contribution in [0.2, 0.25) is 14.8 Å². The van der Waals surface area contributed by atoms with E-state index in [1.807, 2.05) is 0 Å². The molecule has 3 heteroatoms. The van der Waals surface area contributed by atoms with Crippen LogP contribution in [0.15, 0.2) is 0 Å².